The summed E-state index contributed by atoms with van der Waals surface area (Å²) < 4.78 is 42.6. The zero-order chi connectivity index (χ0) is 21.8. The molecule has 6 nitrogen and oxygen atoms in total. The van der Waals surface area contributed by atoms with Gasteiger partial charge in [0.1, 0.15) is 11.6 Å². The maximum atomic E-state index is 13.8. The van der Waals surface area contributed by atoms with Crippen molar-refractivity contribution in [3.05, 3.63) is 58.7 Å². The second kappa shape index (κ2) is 8.95. The average molecular weight is 435 g/mol. The van der Waals surface area contributed by atoms with Gasteiger partial charge >= 0.3 is 6.61 Å². The van der Waals surface area contributed by atoms with Crippen LogP contribution in [0.25, 0.3) is 11.3 Å². The Bertz CT molecular complexity index is 1080. The predicted molar refractivity (Wildman–Crippen MR) is 108 cm³/mol. The molecule has 0 bridgehead atoms. The van der Waals surface area contributed by atoms with E-state index in [1.807, 2.05) is 0 Å². The van der Waals surface area contributed by atoms with Gasteiger partial charge in [0.25, 0.3) is 5.91 Å². The summed E-state index contributed by atoms with van der Waals surface area (Å²) in [7, 11) is 0. The first-order chi connectivity index (χ1) is 14.2. The molecule has 0 radical (unpaired) electrons. The highest BCUT2D eigenvalue weighted by Crippen LogP contribution is 2.32. The first-order valence-electron chi connectivity index (χ1n) is 8.64. The molecule has 0 atom stereocenters. The smallest absolute Gasteiger partial charge is 0.387 e. The molecule has 156 valence electrons. The molecule has 0 saturated heterocycles. The average Bonchev–Trinajstić information content (AvgIpc) is 3.03. The van der Waals surface area contributed by atoms with Crippen molar-refractivity contribution in [2.45, 2.75) is 20.5 Å². The molecule has 0 aliphatic heterocycles. The van der Waals surface area contributed by atoms with Gasteiger partial charge in [0, 0.05) is 22.9 Å². The van der Waals surface area contributed by atoms with Crippen molar-refractivity contribution >= 4 is 34.0 Å². The Balaban J connectivity index is 1.77. The topological polar surface area (TPSA) is 80.3 Å². The lowest BCUT2D eigenvalue weighted by molar-refractivity contribution is -0.114. The summed E-state index contributed by atoms with van der Waals surface area (Å²) in [5.74, 6) is -1.62. The molecule has 3 rings (SSSR count). The summed E-state index contributed by atoms with van der Waals surface area (Å²) in [6.07, 6.45) is 0. The largest absolute Gasteiger partial charge is 0.435 e. The maximum Gasteiger partial charge on any atom is 0.387 e. The minimum Gasteiger partial charge on any atom is -0.435 e. The van der Waals surface area contributed by atoms with Gasteiger partial charge < -0.3 is 10.1 Å². The number of amides is 2. The second-order valence-electron chi connectivity index (χ2n) is 6.16. The van der Waals surface area contributed by atoms with E-state index in [1.165, 1.54) is 42.5 Å². The lowest BCUT2D eigenvalue weighted by Gasteiger charge is -2.07. The number of hydrogen-bond acceptors (Lipinski definition) is 5. The maximum absolute atomic E-state index is 13.8. The molecule has 0 aliphatic rings. The van der Waals surface area contributed by atoms with Crippen molar-refractivity contribution < 1.29 is 27.5 Å². The molecule has 3 aromatic rings. The van der Waals surface area contributed by atoms with Gasteiger partial charge in [0.2, 0.25) is 5.91 Å². The highest BCUT2D eigenvalue weighted by Gasteiger charge is 2.15. The lowest BCUT2D eigenvalue weighted by atomic mass is 10.1. The molecule has 2 N–H and O–H groups in total. The van der Waals surface area contributed by atoms with Crippen LogP contribution in [-0.2, 0) is 4.79 Å². The third kappa shape index (κ3) is 5.15. The Hall–Kier alpha value is -3.40. The minimum absolute atomic E-state index is 0.0291. The molecule has 0 saturated carbocycles. The number of carbonyl (C=O) groups excluding carboxylic acids is 2. The fourth-order valence-corrected chi connectivity index (χ4v) is 3.46. The van der Waals surface area contributed by atoms with E-state index in [-0.39, 0.29) is 17.0 Å². The van der Waals surface area contributed by atoms with Crippen LogP contribution >= 0.6 is 11.3 Å². The van der Waals surface area contributed by atoms with Crippen LogP contribution in [0, 0.1) is 12.7 Å². The summed E-state index contributed by atoms with van der Waals surface area (Å²) in [4.78, 5) is 28.8. The molecule has 2 aromatic carbocycles. The monoisotopic (exact) mass is 435 g/mol. The van der Waals surface area contributed by atoms with E-state index in [1.54, 1.807) is 19.1 Å². The van der Waals surface area contributed by atoms with Gasteiger partial charge in [0.15, 0.2) is 5.13 Å². The van der Waals surface area contributed by atoms with Gasteiger partial charge in [-0.15, -0.1) is 11.3 Å². The number of rotatable bonds is 6. The van der Waals surface area contributed by atoms with Gasteiger partial charge in [-0.2, -0.15) is 8.78 Å². The van der Waals surface area contributed by atoms with E-state index >= 15 is 0 Å². The van der Waals surface area contributed by atoms with Crippen molar-refractivity contribution in [3.63, 3.8) is 0 Å². The minimum atomic E-state index is -2.91. The number of nitrogens with zero attached hydrogens (tertiary/aromatic N) is 1. The molecule has 0 spiro atoms. The van der Waals surface area contributed by atoms with Gasteiger partial charge in [-0.25, -0.2) is 9.37 Å². The van der Waals surface area contributed by atoms with E-state index < -0.39 is 24.2 Å². The van der Waals surface area contributed by atoms with E-state index in [4.69, 9.17) is 0 Å². The number of carbonyl (C=O) groups is 2. The highest BCUT2D eigenvalue weighted by molar-refractivity contribution is 7.16. The first-order valence-corrected chi connectivity index (χ1v) is 9.45. The number of nitrogens with one attached hydrogen (secondary N) is 2. The SMILES string of the molecule is CC(=O)Nc1cc(C(=O)Nc2nc(-c3ccc(OC(F)F)cc3)c(C)s2)ccc1F. The van der Waals surface area contributed by atoms with Gasteiger partial charge in [0.05, 0.1) is 11.4 Å². The summed E-state index contributed by atoms with van der Waals surface area (Å²) in [5.41, 5.74) is 1.29. The quantitative estimate of drug-likeness (QED) is 0.567. The van der Waals surface area contributed by atoms with Crippen molar-refractivity contribution in [2.75, 3.05) is 10.6 Å². The second-order valence-corrected chi connectivity index (χ2v) is 7.36. The summed E-state index contributed by atoms with van der Waals surface area (Å²) >= 11 is 1.23. The van der Waals surface area contributed by atoms with Crippen LogP contribution < -0.4 is 15.4 Å². The Kier molecular flexibility index (Phi) is 6.36. The number of ether oxygens (including phenoxy) is 1. The molecule has 2 amide bonds. The van der Waals surface area contributed by atoms with Crippen molar-refractivity contribution in [1.82, 2.24) is 4.98 Å². The van der Waals surface area contributed by atoms with E-state index in [0.717, 1.165) is 10.9 Å². The van der Waals surface area contributed by atoms with Crippen LogP contribution in [0.2, 0.25) is 0 Å². The molecule has 10 heteroatoms. The fourth-order valence-electron chi connectivity index (χ4n) is 2.63. The molecule has 30 heavy (non-hydrogen) atoms. The zero-order valence-corrected chi connectivity index (χ0v) is 16.6. The third-order valence-electron chi connectivity index (χ3n) is 3.91. The number of thiazole rings is 1. The van der Waals surface area contributed by atoms with Crippen LogP contribution in [-0.4, -0.2) is 23.4 Å². The first kappa shape index (κ1) is 21.3. The van der Waals surface area contributed by atoms with Crippen LogP contribution in [0.1, 0.15) is 22.2 Å². The molecule has 0 fully saturated rings. The molecule has 1 aromatic heterocycles. The van der Waals surface area contributed by atoms with Gasteiger partial charge in [-0.1, -0.05) is 0 Å². The van der Waals surface area contributed by atoms with E-state index in [2.05, 4.69) is 20.4 Å². The summed E-state index contributed by atoms with van der Waals surface area (Å²) in [6.45, 7) is 0.133. The Morgan fingerprint density at radius 2 is 1.80 bits per heavy atom. The zero-order valence-electron chi connectivity index (χ0n) is 15.8. The number of hydrogen-bond donors (Lipinski definition) is 2. The van der Waals surface area contributed by atoms with Crippen LogP contribution in [0.5, 0.6) is 5.75 Å². The number of aryl methyl sites for hydroxylation is 1. The van der Waals surface area contributed by atoms with Gasteiger partial charge in [-0.05, 0) is 49.4 Å². The lowest BCUT2D eigenvalue weighted by Crippen LogP contribution is -2.14. The highest BCUT2D eigenvalue weighted by atomic mass is 32.1. The van der Waals surface area contributed by atoms with E-state index in [9.17, 15) is 22.8 Å². The number of aromatic nitrogens is 1. The van der Waals surface area contributed by atoms with Crippen LogP contribution in [0.15, 0.2) is 42.5 Å². The van der Waals surface area contributed by atoms with Crippen molar-refractivity contribution in [1.29, 1.82) is 0 Å². The van der Waals surface area contributed by atoms with Crippen molar-refractivity contribution in [2.24, 2.45) is 0 Å². The van der Waals surface area contributed by atoms with Crippen molar-refractivity contribution in [3.8, 4) is 17.0 Å². The Morgan fingerprint density at radius 3 is 2.43 bits per heavy atom. The number of benzene rings is 2. The summed E-state index contributed by atoms with van der Waals surface area (Å²) in [6, 6.07) is 9.59. The number of alkyl halides is 2. The van der Waals surface area contributed by atoms with Gasteiger partial charge in [-0.3, -0.25) is 14.9 Å². The molecule has 0 aliphatic carbocycles. The fraction of sp³-hybridized carbons (Fsp3) is 0.150. The molecule has 1 heterocycles. The standard InChI is InChI=1S/C20H16F3N3O3S/c1-10-17(12-3-6-14(7-4-12)29-19(22)23)25-20(30-10)26-18(28)13-5-8-15(21)16(9-13)24-11(2)27/h3-9,19H,1-2H3,(H,24,27)(H,25,26,28). The molecular formula is C20H16F3N3O3S. The Labute approximate surface area is 173 Å². The normalized spacial score (nSPS) is 10.7. The van der Waals surface area contributed by atoms with Crippen LogP contribution in [0.4, 0.5) is 24.0 Å². The predicted octanol–water partition coefficient (Wildman–Crippen LogP) is 5.07. The number of halogens is 3. The Morgan fingerprint density at radius 1 is 1.10 bits per heavy atom. The third-order valence-corrected chi connectivity index (χ3v) is 4.80. The van der Waals surface area contributed by atoms with E-state index in [0.29, 0.717) is 16.4 Å². The summed E-state index contributed by atoms with van der Waals surface area (Å²) in [5, 5.41) is 5.27. The molecular weight excluding hydrogens is 419 g/mol. The molecule has 0 unspecified atom stereocenters. The van der Waals surface area contributed by atoms with Crippen LogP contribution in [0.3, 0.4) is 0 Å². The number of anilines is 2.